The maximum absolute atomic E-state index is 12.0. The van der Waals surface area contributed by atoms with Crippen LogP contribution in [0, 0.1) is 0 Å². The fourth-order valence-corrected chi connectivity index (χ4v) is 8.30. The Kier molecular flexibility index (Phi) is 20.0. The zero-order valence-corrected chi connectivity index (χ0v) is 37.9. The van der Waals surface area contributed by atoms with Crippen LogP contribution in [0.3, 0.4) is 0 Å². The second kappa shape index (κ2) is 26.3. The van der Waals surface area contributed by atoms with E-state index in [1.54, 1.807) is 20.8 Å². The van der Waals surface area contributed by atoms with Gasteiger partial charge in [0.1, 0.15) is 30.5 Å². The SMILES string of the molecule is COC(=O)CCCCCO[C@H]1O[C@H](C)[C@@H](N=[N+]=[N-])[C@H](O[C@H]2O[C@H](C)[C@@H](N=[N+]=[N-])[C@H](O[C@H]3O[C@H](C)[C@@H](N=[N+]=[N-])[C@H](OCc4ccccc4)[C@@H]3O)[C@@H]2OCc2ccccc2)[C@@H]1OCc1ccccc1. The number of ether oxygens (including phenoxy) is 10. The summed E-state index contributed by atoms with van der Waals surface area (Å²) in [4.78, 5) is 21.0. The van der Waals surface area contributed by atoms with E-state index in [0.717, 1.165) is 16.7 Å². The Morgan fingerprint density at radius 1 is 0.552 bits per heavy atom. The molecule has 0 spiro atoms. The van der Waals surface area contributed by atoms with E-state index in [-0.39, 0.29) is 38.8 Å². The van der Waals surface area contributed by atoms with Gasteiger partial charge >= 0.3 is 5.97 Å². The highest BCUT2D eigenvalue weighted by molar-refractivity contribution is 5.68. The van der Waals surface area contributed by atoms with E-state index in [1.807, 2.05) is 91.0 Å². The minimum atomic E-state index is -1.52. The third-order valence-corrected chi connectivity index (χ3v) is 11.8. The Morgan fingerprint density at radius 3 is 1.42 bits per heavy atom. The van der Waals surface area contributed by atoms with Crippen LogP contribution in [0.1, 0.15) is 63.1 Å². The predicted octanol–water partition coefficient (Wildman–Crippen LogP) is 7.90. The molecule has 0 unspecified atom stereocenters. The molecule has 3 heterocycles. The van der Waals surface area contributed by atoms with Gasteiger partial charge in [-0.2, -0.15) is 0 Å². The highest BCUT2D eigenvalue weighted by atomic mass is 16.8. The monoisotopic (exact) mass is 929 g/mol. The minimum Gasteiger partial charge on any atom is -0.469 e. The third-order valence-electron chi connectivity index (χ3n) is 11.8. The molecule has 21 heteroatoms. The van der Waals surface area contributed by atoms with Gasteiger partial charge in [0, 0.05) is 27.8 Å². The van der Waals surface area contributed by atoms with Gasteiger partial charge in [-0.3, -0.25) is 4.79 Å². The first-order valence-electron chi connectivity index (χ1n) is 22.4. The molecule has 3 aromatic rings. The van der Waals surface area contributed by atoms with E-state index in [0.29, 0.717) is 19.3 Å². The molecule has 0 aromatic heterocycles. The molecule has 1 N–H and O–H groups in total. The lowest BCUT2D eigenvalue weighted by Gasteiger charge is -2.50. The number of carbonyl (C=O) groups is 1. The Balaban J connectivity index is 1.33. The molecule has 0 amide bonds. The Hall–Kier alpha value is -5.34. The molecule has 3 aromatic carbocycles. The zero-order chi connectivity index (χ0) is 47.5. The first-order chi connectivity index (χ1) is 32.6. The molecule has 3 aliphatic rings. The highest BCUT2D eigenvalue weighted by Crippen LogP contribution is 2.38. The maximum atomic E-state index is 12.0. The van der Waals surface area contributed by atoms with E-state index in [1.165, 1.54) is 7.11 Å². The van der Waals surface area contributed by atoms with Crippen LogP contribution >= 0.6 is 0 Å². The van der Waals surface area contributed by atoms with E-state index in [9.17, 15) is 26.5 Å². The van der Waals surface area contributed by atoms with Crippen molar-refractivity contribution in [2.24, 2.45) is 15.3 Å². The topological polar surface area (TPSA) is 276 Å². The maximum Gasteiger partial charge on any atom is 0.305 e. The standard InChI is InChI=1S/C46H59N9O12/c1-28-35(50-53-47)39(60-25-31-17-9-5-10-18-31)38(57)44(63-28)66-41-37(52-55-49)30(3)65-46(43(41)62-27-33-21-13-7-14-22-33)67-40-36(51-54-48)29(2)64-45(59-24-16-8-15-23-34(56)58-4)42(40)61-26-32-19-11-6-12-20-32/h5-7,9-14,17-22,28-30,35-46,57H,8,15-16,23-27H2,1-4H3/t28-,29-,30-,35-,36-,37-,38+,39+,40+,41+,42+,43+,44-,45+,46-/m1/s1. The molecule has 6 rings (SSSR count). The Bertz CT molecular complexity index is 2120. The van der Waals surface area contributed by atoms with Crippen LogP contribution in [0.15, 0.2) is 106 Å². The predicted molar refractivity (Wildman–Crippen MR) is 239 cm³/mol. The summed E-state index contributed by atoms with van der Waals surface area (Å²) in [6.07, 6.45) is -11.2. The van der Waals surface area contributed by atoms with Crippen molar-refractivity contribution in [3.8, 4) is 0 Å². The van der Waals surface area contributed by atoms with Gasteiger partial charge in [-0.1, -0.05) is 113 Å². The molecule has 360 valence electrons. The van der Waals surface area contributed by atoms with Crippen LogP contribution in [0.4, 0.5) is 0 Å². The summed E-state index contributed by atoms with van der Waals surface area (Å²) in [6.45, 7) is 5.52. The van der Waals surface area contributed by atoms with Crippen molar-refractivity contribution in [1.29, 1.82) is 0 Å². The smallest absolute Gasteiger partial charge is 0.305 e. The van der Waals surface area contributed by atoms with E-state index in [4.69, 9.17) is 47.4 Å². The summed E-state index contributed by atoms with van der Waals surface area (Å²) in [6, 6.07) is 25.1. The molecule has 15 atom stereocenters. The average molecular weight is 930 g/mol. The second-order valence-corrected chi connectivity index (χ2v) is 16.4. The summed E-state index contributed by atoms with van der Waals surface area (Å²) < 4.78 is 63.4. The van der Waals surface area contributed by atoms with Gasteiger partial charge < -0.3 is 52.5 Å². The number of nitrogens with zero attached hydrogens (tertiary/aromatic N) is 9. The largest absolute Gasteiger partial charge is 0.469 e. The molecule has 3 saturated heterocycles. The van der Waals surface area contributed by atoms with Crippen molar-refractivity contribution < 1.29 is 57.3 Å². The molecule has 0 saturated carbocycles. The summed E-state index contributed by atoms with van der Waals surface area (Å²) in [5.74, 6) is -0.291. The number of hydrogen-bond donors (Lipinski definition) is 1. The first kappa shape index (κ1) is 51.1. The lowest BCUT2D eigenvalue weighted by atomic mass is 9.94. The number of aliphatic hydroxyl groups is 1. The molecule has 21 nitrogen and oxygen atoms in total. The fourth-order valence-electron chi connectivity index (χ4n) is 8.30. The summed E-state index contributed by atoms with van der Waals surface area (Å²) >= 11 is 0. The number of hydrogen-bond acceptors (Lipinski definition) is 15. The van der Waals surface area contributed by atoms with Gasteiger partial charge in [0.05, 0.1) is 69.5 Å². The van der Waals surface area contributed by atoms with Gasteiger partial charge in [0.25, 0.3) is 0 Å². The number of benzene rings is 3. The van der Waals surface area contributed by atoms with Gasteiger partial charge in [-0.25, -0.2) is 0 Å². The number of methoxy groups -OCH3 is 1. The van der Waals surface area contributed by atoms with Crippen molar-refractivity contribution in [3.05, 3.63) is 139 Å². The lowest BCUT2D eigenvalue weighted by molar-refractivity contribution is -0.361. The van der Waals surface area contributed by atoms with Gasteiger partial charge in [0.2, 0.25) is 0 Å². The second-order valence-electron chi connectivity index (χ2n) is 16.4. The van der Waals surface area contributed by atoms with Crippen LogP contribution in [-0.4, -0.2) is 117 Å². The van der Waals surface area contributed by atoms with Crippen molar-refractivity contribution in [2.45, 2.75) is 158 Å². The lowest BCUT2D eigenvalue weighted by Crippen LogP contribution is -2.65. The number of azide groups is 3. The van der Waals surface area contributed by atoms with Crippen molar-refractivity contribution in [2.75, 3.05) is 13.7 Å². The van der Waals surface area contributed by atoms with Crippen LogP contribution in [0.2, 0.25) is 0 Å². The zero-order valence-electron chi connectivity index (χ0n) is 37.9. The van der Waals surface area contributed by atoms with Gasteiger partial charge in [-0.05, 0) is 66.9 Å². The number of esters is 1. The molecule has 0 radical (unpaired) electrons. The Labute approximate surface area is 388 Å². The summed E-state index contributed by atoms with van der Waals surface area (Å²) in [5.41, 5.74) is 31.7. The van der Waals surface area contributed by atoms with Gasteiger partial charge in [-0.15, -0.1) is 0 Å². The normalized spacial score (nSPS) is 31.6. The van der Waals surface area contributed by atoms with Crippen molar-refractivity contribution in [3.63, 3.8) is 0 Å². The summed E-state index contributed by atoms with van der Waals surface area (Å²) in [7, 11) is 1.35. The molecule has 3 fully saturated rings. The summed E-state index contributed by atoms with van der Waals surface area (Å²) in [5, 5.41) is 24.1. The molecule has 0 aliphatic carbocycles. The number of rotatable bonds is 23. The molecular formula is C46H59N9O12. The Morgan fingerprint density at radius 2 is 0.955 bits per heavy atom. The third kappa shape index (κ3) is 14.1. The van der Waals surface area contributed by atoms with Crippen LogP contribution < -0.4 is 0 Å². The fraction of sp³-hybridized carbons (Fsp3) is 0.587. The number of carbonyl (C=O) groups excluding carboxylic acids is 1. The molecule has 3 aliphatic heterocycles. The van der Waals surface area contributed by atoms with E-state index in [2.05, 4.69) is 30.1 Å². The molecular weight excluding hydrogens is 871 g/mol. The van der Waals surface area contributed by atoms with Crippen LogP contribution in [0.25, 0.3) is 31.3 Å². The van der Waals surface area contributed by atoms with Crippen LogP contribution in [-0.2, 0) is 72.0 Å². The highest BCUT2D eigenvalue weighted by Gasteiger charge is 2.54. The number of unbranched alkanes of at least 4 members (excludes halogenated alkanes) is 2. The average Bonchev–Trinajstić information content (AvgIpc) is 3.34. The van der Waals surface area contributed by atoms with E-state index < -0.39 is 91.9 Å². The molecule has 67 heavy (non-hydrogen) atoms. The number of aliphatic hydroxyl groups excluding tert-OH is 1. The van der Waals surface area contributed by atoms with Gasteiger partial charge in [0.15, 0.2) is 18.9 Å². The molecule has 0 bridgehead atoms. The van der Waals surface area contributed by atoms with E-state index >= 15 is 0 Å². The quantitative estimate of drug-likeness (QED) is 0.0312. The van der Waals surface area contributed by atoms with Crippen LogP contribution in [0.5, 0.6) is 0 Å². The van der Waals surface area contributed by atoms with Crippen molar-refractivity contribution >= 4 is 5.97 Å². The first-order valence-corrected chi connectivity index (χ1v) is 22.4. The minimum absolute atomic E-state index is 0.0117. The van der Waals surface area contributed by atoms with Crippen molar-refractivity contribution in [1.82, 2.24) is 0 Å².